The van der Waals surface area contributed by atoms with Gasteiger partial charge in [0.25, 0.3) is 5.82 Å². The summed E-state index contributed by atoms with van der Waals surface area (Å²) < 4.78 is 5.03. The maximum Gasteiger partial charge on any atom is 0.359 e. The van der Waals surface area contributed by atoms with Crippen molar-refractivity contribution in [1.82, 2.24) is 4.98 Å². The summed E-state index contributed by atoms with van der Waals surface area (Å²) >= 11 is 1.45. The van der Waals surface area contributed by atoms with E-state index >= 15 is 0 Å². The molecule has 0 radical (unpaired) electrons. The second-order valence-electron chi connectivity index (χ2n) is 4.14. The first-order valence-electron chi connectivity index (χ1n) is 6.40. The number of benzene rings is 1. The fourth-order valence-electron chi connectivity index (χ4n) is 1.71. The van der Waals surface area contributed by atoms with Crippen molar-refractivity contribution in [2.45, 2.75) is 12.1 Å². The average Bonchev–Trinajstić information content (AvgIpc) is 2.47. The normalized spacial score (nSPS) is 10.2. The number of thioether (sulfide) groups is 1. The number of carbonyl (C=O) groups excluding carboxylic acids is 1. The van der Waals surface area contributed by atoms with Gasteiger partial charge in [-0.2, -0.15) is 0 Å². The molecule has 0 spiro atoms. The molecule has 0 atom stereocenters. The standard InChI is InChI=1S/C14H16N4O2S/c1-3-20-13(19)11-8-16-14(21-2)18-12(11)17-10-6-4-5-9(15)7-10/h4-8H,3,15H2,1-2H3,(H,16,17,18)/p+1. The second kappa shape index (κ2) is 6.94. The monoisotopic (exact) mass is 305 g/mol. The van der Waals surface area contributed by atoms with Crippen LogP contribution >= 0.6 is 11.8 Å². The molecule has 0 bridgehead atoms. The molecular formula is C14H17N4O2S+. The predicted molar refractivity (Wildman–Crippen MR) is 82.7 cm³/mol. The van der Waals surface area contributed by atoms with Crippen LogP contribution in [0.1, 0.15) is 17.3 Å². The topological polar surface area (TPSA) is 91.4 Å². The Morgan fingerprint density at radius 3 is 3.00 bits per heavy atom. The predicted octanol–water partition coefficient (Wildman–Crippen LogP) is 2.12. The van der Waals surface area contributed by atoms with E-state index in [0.717, 1.165) is 5.69 Å². The summed E-state index contributed by atoms with van der Waals surface area (Å²) in [6.07, 6.45) is 3.48. The number of nitrogens with zero attached hydrogens (tertiary/aromatic N) is 1. The van der Waals surface area contributed by atoms with Crippen LogP contribution < -0.4 is 16.0 Å². The fraction of sp³-hybridized carbons (Fsp3) is 0.214. The maximum absolute atomic E-state index is 12.0. The van der Waals surface area contributed by atoms with Crippen molar-refractivity contribution >= 4 is 34.9 Å². The first-order chi connectivity index (χ1) is 10.1. The van der Waals surface area contributed by atoms with E-state index in [4.69, 9.17) is 10.5 Å². The van der Waals surface area contributed by atoms with E-state index in [1.165, 1.54) is 11.8 Å². The Hall–Kier alpha value is -2.28. The highest BCUT2D eigenvalue weighted by atomic mass is 32.2. The van der Waals surface area contributed by atoms with E-state index in [-0.39, 0.29) is 0 Å². The summed E-state index contributed by atoms with van der Waals surface area (Å²) in [6.45, 7) is 2.07. The van der Waals surface area contributed by atoms with Gasteiger partial charge < -0.3 is 15.8 Å². The van der Waals surface area contributed by atoms with Crippen LogP contribution in [-0.2, 0) is 4.74 Å². The van der Waals surface area contributed by atoms with E-state index < -0.39 is 5.97 Å². The van der Waals surface area contributed by atoms with Crippen molar-refractivity contribution in [3.8, 4) is 0 Å². The molecular weight excluding hydrogens is 288 g/mol. The van der Waals surface area contributed by atoms with Crippen LogP contribution in [0.3, 0.4) is 0 Å². The zero-order chi connectivity index (χ0) is 15.2. The first-order valence-corrected chi connectivity index (χ1v) is 7.63. The van der Waals surface area contributed by atoms with E-state index in [1.807, 2.05) is 18.4 Å². The summed E-state index contributed by atoms with van der Waals surface area (Å²) in [7, 11) is 0. The fourth-order valence-corrected chi connectivity index (χ4v) is 2.07. The van der Waals surface area contributed by atoms with Gasteiger partial charge in [0, 0.05) is 11.4 Å². The second-order valence-corrected chi connectivity index (χ2v) is 4.94. The molecule has 0 saturated heterocycles. The Balaban J connectivity index is 2.37. The van der Waals surface area contributed by atoms with Gasteiger partial charge in [-0.15, -0.1) is 0 Å². The number of rotatable bonds is 5. The van der Waals surface area contributed by atoms with E-state index in [0.29, 0.717) is 28.8 Å². The van der Waals surface area contributed by atoms with Crippen LogP contribution in [0, 0.1) is 0 Å². The van der Waals surface area contributed by atoms with Crippen LogP contribution in [0.4, 0.5) is 17.2 Å². The SMILES string of the molecule is CCOC(=O)c1c[nH+]c(SC)nc1Nc1cccc(N)c1. The van der Waals surface area contributed by atoms with Crippen molar-refractivity contribution in [3.05, 3.63) is 36.0 Å². The number of ether oxygens (including phenoxy) is 1. The summed E-state index contributed by atoms with van der Waals surface area (Å²) in [6, 6.07) is 7.23. The summed E-state index contributed by atoms with van der Waals surface area (Å²) in [5.41, 5.74) is 7.48. The van der Waals surface area contributed by atoms with Crippen molar-refractivity contribution in [2.75, 3.05) is 23.9 Å². The number of nitrogens with one attached hydrogen (secondary N) is 2. The maximum atomic E-state index is 12.0. The molecule has 0 aliphatic carbocycles. The smallest absolute Gasteiger partial charge is 0.359 e. The van der Waals surface area contributed by atoms with E-state index in [1.54, 1.807) is 25.3 Å². The van der Waals surface area contributed by atoms with Crippen molar-refractivity contribution in [1.29, 1.82) is 0 Å². The molecule has 6 nitrogen and oxygen atoms in total. The third-order valence-corrected chi connectivity index (χ3v) is 3.24. The number of nitrogen functional groups attached to an aromatic ring is 1. The molecule has 1 heterocycles. The van der Waals surface area contributed by atoms with Gasteiger partial charge in [-0.25, -0.2) is 9.78 Å². The van der Waals surface area contributed by atoms with Gasteiger partial charge in [-0.1, -0.05) is 6.07 Å². The Kier molecular flexibility index (Phi) is 4.99. The van der Waals surface area contributed by atoms with Gasteiger partial charge in [0.2, 0.25) is 0 Å². The number of esters is 1. The van der Waals surface area contributed by atoms with E-state index in [9.17, 15) is 4.79 Å². The van der Waals surface area contributed by atoms with Crippen molar-refractivity contribution in [3.63, 3.8) is 0 Å². The van der Waals surface area contributed by atoms with Gasteiger partial charge in [0.15, 0.2) is 5.56 Å². The number of hydrogen-bond donors (Lipinski definition) is 2. The molecule has 0 unspecified atom stereocenters. The Bertz CT molecular complexity index is 649. The Labute approximate surface area is 127 Å². The quantitative estimate of drug-likeness (QED) is 0.380. The van der Waals surface area contributed by atoms with Gasteiger partial charge in [0.05, 0.1) is 6.61 Å². The number of nitrogens with two attached hydrogens (primary N) is 1. The number of carbonyl (C=O) groups is 1. The van der Waals surface area contributed by atoms with Crippen LogP contribution in [0.2, 0.25) is 0 Å². The number of H-pyrrole nitrogens is 1. The number of aromatic nitrogens is 2. The number of anilines is 3. The average molecular weight is 305 g/mol. The summed E-state index contributed by atoms with van der Waals surface area (Å²) in [5, 5.41) is 3.79. The highest BCUT2D eigenvalue weighted by Gasteiger charge is 2.22. The molecule has 110 valence electrons. The van der Waals surface area contributed by atoms with Crippen LogP contribution in [0.25, 0.3) is 0 Å². The molecule has 0 aliphatic heterocycles. The first kappa shape index (κ1) is 15.1. The van der Waals surface area contributed by atoms with Crippen molar-refractivity contribution in [2.24, 2.45) is 0 Å². The van der Waals surface area contributed by atoms with Crippen LogP contribution in [-0.4, -0.2) is 23.8 Å². The summed E-state index contributed by atoms with van der Waals surface area (Å²) in [4.78, 5) is 19.3. The minimum Gasteiger partial charge on any atom is -0.462 e. The molecule has 0 saturated carbocycles. The molecule has 1 aromatic heterocycles. The molecule has 2 rings (SSSR count). The highest BCUT2D eigenvalue weighted by molar-refractivity contribution is 7.98. The zero-order valence-electron chi connectivity index (χ0n) is 11.8. The zero-order valence-corrected chi connectivity index (χ0v) is 12.7. The van der Waals surface area contributed by atoms with Gasteiger partial charge in [-0.3, -0.25) is 0 Å². The van der Waals surface area contributed by atoms with E-state index in [2.05, 4.69) is 15.3 Å². The third kappa shape index (κ3) is 3.85. The summed E-state index contributed by atoms with van der Waals surface area (Å²) in [5.74, 6) is 0.00227. The molecule has 1 aromatic carbocycles. The molecule has 7 heteroatoms. The molecule has 0 aliphatic rings. The Morgan fingerprint density at radius 2 is 2.33 bits per heavy atom. The lowest BCUT2D eigenvalue weighted by molar-refractivity contribution is -0.433. The highest BCUT2D eigenvalue weighted by Crippen LogP contribution is 2.21. The van der Waals surface area contributed by atoms with Crippen LogP contribution in [0.5, 0.6) is 0 Å². The van der Waals surface area contributed by atoms with Crippen LogP contribution in [0.15, 0.2) is 35.6 Å². The van der Waals surface area contributed by atoms with Gasteiger partial charge in [0.1, 0.15) is 6.20 Å². The lowest BCUT2D eigenvalue weighted by atomic mass is 10.2. The lowest BCUT2D eigenvalue weighted by Crippen LogP contribution is -2.17. The molecule has 2 aromatic rings. The number of hydrogen-bond acceptors (Lipinski definition) is 6. The minimum atomic E-state index is -0.430. The molecule has 0 fully saturated rings. The molecule has 4 N–H and O–H groups in total. The Morgan fingerprint density at radius 1 is 1.52 bits per heavy atom. The van der Waals surface area contributed by atoms with Gasteiger partial charge >= 0.3 is 11.1 Å². The molecule has 0 amide bonds. The molecule has 21 heavy (non-hydrogen) atoms. The number of aromatic amines is 1. The largest absolute Gasteiger partial charge is 0.462 e. The lowest BCUT2D eigenvalue weighted by Gasteiger charge is -2.07. The van der Waals surface area contributed by atoms with Crippen molar-refractivity contribution < 1.29 is 14.5 Å². The third-order valence-electron chi connectivity index (χ3n) is 2.65. The van der Waals surface area contributed by atoms with Gasteiger partial charge in [-0.05, 0) is 48.1 Å². The minimum absolute atomic E-state index is 0.306.